The minimum atomic E-state index is 0.661. The van der Waals surface area contributed by atoms with Crippen LogP contribution in [0.25, 0.3) is 109 Å². The summed E-state index contributed by atoms with van der Waals surface area (Å²) >= 11 is 0. The van der Waals surface area contributed by atoms with Gasteiger partial charge in [0, 0.05) is 16.3 Å². The van der Waals surface area contributed by atoms with Crippen molar-refractivity contribution in [3.63, 3.8) is 0 Å². The lowest BCUT2D eigenvalue weighted by Gasteiger charge is -2.22. The minimum Gasteiger partial charge on any atom is -0.456 e. The Morgan fingerprint density at radius 1 is 0.327 bits per heavy atom. The van der Waals surface area contributed by atoms with E-state index in [9.17, 15) is 5.26 Å². The fraction of sp³-hybridized carbons (Fsp3) is 0. The van der Waals surface area contributed by atoms with E-state index in [2.05, 4.69) is 158 Å². The lowest BCUT2D eigenvalue weighted by atomic mass is 9.86. The maximum absolute atomic E-state index is 9.68. The molecule has 0 unspecified atom stereocenters. The van der Waals surface area contributed by atoms with Crippen molar-refractivity contribution in [1.82, 2.24) is 0 Å². The third-order valence-electron chi connectivity index (χ3n) is 11.8. The molecule has 0 radical (unpaired) electrons. The average Bonchev–Trinajstić information content (AvgIpc) is 3.25. The zero-order valence-electron chi connectivity index (χ0n) is 29.6. The largest absolute Gasteiger partial charge is 0.456 e. The predicted octanol–water partition coefficient (Wildman–Crippen LogP) is 14.7. The fourth-order valence-electron chi connectivity index (χ4n) is 9.16. The summed E-state index contributed by atoms with van der Waals surface area (Å²) < 4.78 is 6.48. The highest BCUT2D eigenvalue weighted by atomic mass is 16.5. The lowest BCUT2D eigenvalue weighted by Crippen LogP contribution is -1.98. The third-order valence-corrected chi connectivity index (χ3v) is 11.8. The van der Waals surface area contributed by atoms with Gasteiger partial charge in [-0.1, -0.05) is 133 Å². The summed E-state index contributed by atoms with van der Waals surface area (Å²) in [7, 11) is 0. The zero-order chi connectivity index (χ0) is 36.2. The first kappa shape index (κ1) is 30.0. The highest BCUT2D eigenvalue weighted by molar-refractivity contribution is 6.27. The molecule has 1 aliphatic rings. The first-order valence-electron chi connectivity index (χ1n) is 18.7. The maximum Gasteiger partial charge on any atom is 0.136 e. The molecule has 11 aromatic rings. The van der Waals surface area contributed by atoms with Gasteiger partial charge in [0.15, 0.2) is 0 Å². The highest BCUT2D eigenvalue weighted by Gasteiger charge is 2.22. The Morgan fingerprint density at radius 3 is 1.58 bits per heavy atom. The molecule has 0 saturated carbocycles. The number of ether oxygens (including phenoxy) is 1. The van der Waals surface area contributed by atoms with E-state index in [-0.39, 0.29) is 0 Å². The van der Waals surface area contributed by atoms with Gasteiger partial charge in [-0.15, -0.1) is 0 Å². The van der Waals surface area contributed by atoms with Gasteiger partial charge in [0.25, 0.3) is 0 Å². The van der Waals surface area contributed by atoms with Crippen LogP contribution < -0.4 is 4.74 Å². The van der Waals surface area contributed by atoms with E-state index in [1.807, 2.05) is 24.3 Å². The number of benzene rings is 11. The quantitative estimate of drug-likeness (QED) is 0.172. The number of fused-ring (bicyclic) bond motifs is 4. The van der Waals surface area contributed by atoms with Crippen molar-refractivity contribution in [2.75, 3.05) is 0 Å². The van der Waals surface area contributed by atoms with Crippen LogP contribution in [-0.2, 0) is 0 Å². The summed E-state index contributed by atoms with van der Waals surface area (Å²) in [6, 6.07) is 66.0. The molecular weight excluding hydrogens is 667 g/mol. The first-order valence-corrected chi connectivity index (χ1v) is 18.7. The molecule has 0 amide bonds. The summed E-state index contributed by atoms with van der Waals surface area (Å²) in [6.45, 7) is 0. The molecule has 2 nitrogen and oxygen atoms in total. The molecule has 2 heteroatoms. The normalized spacial score (nSPS) is 12.1. The van der Waals surface area contributed by atoms with Crippen molar-refractivity contribution in [1.29, 1.82) is 5.26 Å². The predicted molar refractivity (Wildman–Crippen MR) is 229 cm³/mol. The van der Waals surface area contributed by atoms with Gasteiger partial charge in [-0.25, -0.2) is 0 Å². The SMILES string of the molecule is N#Cc1ccc2c3c(cccc13)-c1ccc(-c3ccc4cc(-c5ccc6ccc7c(-c8ccc9ccccc9c8)ccc8ccc5c6c87)ccc4c3)cc1O2. The van der Waals surface area contributed by atoms with Gasteiger partial charge in [-0.05, 0) is 135 Å². The molecule has 252 valence electrons. The van der Waals surface area contributed by atoms with Gasteiger partial charge < -0.3 is 4.74 Å². The van der Waals surface area contributed by atoms with Crippen molar-refractivity contribution in [3.8, 4) is 62.1 Å². The second kappa shape index (κ2) is 11.3. The van der Waals surface area contributed by atoms with E-state index in [1.165, 1.54) is 76.1 Å². The van der Waals surface area contributed by atoms with Crippen molar-refractivity contribution in [3.05, 3.63) is 181 Å². The van der Waals surface area contributed by atoms with Crippen LogP contribution >= 0.6 is 0 Å². The van der Waals surface area contributed by atoms with Crippen LogP contribution in [0.2, 0.25) is 0 Å². The van der Waals surface area contributed by atoms with E-state index in [0.717, 1.165) is 44.5 Å². The summed E-state index contributed by atoms with van der Waals surface area (Å²) in [5.74, 6) is 1.62. The van der Waals surface area contributed by atoms with Crippen molar-refractivity contribution >= 4 is 64.6 Å². The third kappa shape index (κ3) is 4.42. The molecular formula is C53H29NO. The average molecular weight is 696 g/mol. The van der Waals surface area contributed by atoms with Gasteiger partial charge in [-0.3, -0.25) is 0 Å². The van der Waals surface area contributed by atoms with Gasteiger partial charge in [-0.2, -0.15) is 5.26 Å². The topological polar surface area (TPSA) is 33.0 Å². The van der Waals surface area contributed by atoms with Crippen LogP contribution in [0.5, 0.6) is 11.5 Å². The molecule has 11 aromatic carbocycles. The Kier molecular flexibility index (Phi) is 6.15. The Bertz CT molecular complexity index is 3480. The van der Waals surface area contributed by atoms with Gasteiger partial charge in [0.2, 0.25) is 0 Å². The Morgan fingerprint density at radius 2 is 0.873 bits per heavy atom. The number of hydrogen-bond acceptors (Lipinski definition) is 2. The molecule has 0 N–H and O–H groups in total. The number of rotatable bonds is 3. The molecule has 0 bridgehead atoms. The first-order chi connectivity index (χ1) is 27.2. The van der Waals surface area contributed by atoms with Crippen LogP contribution in [0.15, 0.2) is 176 Å². The van der Waals surface area contributed by atoms with Crippen molar-refractivity contribution in [2.45, 2.75) is 0 Å². The van der Waals surface area contributed by atoms with Crippen LogP contribution in [0.4, 0.5) is 0 Å². The van der Waals surface area contributed by atoms with E-state index >= 15 is 0 Å². The minimum absolute atomic E-state index is 0.661. The number of hydrogen-bond donors (Lipinski definition) is 0. The van der Waals surface area contributed by atoms with Crippen LogP contribution in [0, 0.1) is 11.3 Å². The summed E-state index contributed by atoms with van der Waals surface area (Å²) in [6.07, 6.45) is 0. The summed E-state index contributed by atoms with van der Waals surface area (Å²) in [5, 5.41) is 24.3. The maximum atomic E-state index is 9.68. The second-order valence-electron chi connectivity index (χ2n) is 14.8. The number of nitrogens with zero attached hydrogens (tertiary/aromatic N) is 1. The Balaban J connectivity index is 0.936. The highest BCUT2D eigenvalue weighted by Crippen LogP contribution is 2.49. The molecule has 0 aromatic heterocycles. The monoisotopic (exact) mass is 695 g/mol. The van der Waals surface area contributed by atoms with Crippen LogP contribution in [-0.4, -0.2) is 0 Å². The van der Waals surface area contributed by atoms with Gasteiger partial charge >= 0.3 is 0 Å². The van der Waals surface area contributed by atoms with Crippen LogP contribution in [0.1, 0.15) is 5.56 Å². The molecule has 0 aliphatic carbocycles. The van der Waals surface area contributed by atoms with Gasteiger partial charge in [0.05, 0.1) is 11.6 Å². The number of nitriles is 1. The second-order valence-corrected chi connectivity index (χ2v) is 14.8. The molecule has 12 rings (SSSR count). The molecule has 0 saturated heterocycles. The van der Waals surface area contributed by atoms with Gasteiger partial charge in [0.1, 0.15) is 11.5 Å². The molecule has 0 atom stereocenters. The molecule has 0 fully saturated rings. The Labute approximate surface area is 317 Å². The van der Waals surface area contributed by atoms with Crippen LogP contribution in [0.3, 0.4) is 0 Å². The Hall–Kier alpha value is -7.47. The summed E-state index contributed by atoms with van der Waals surface area (Å²) in [4.78, 5) is 0. The zero-order valence-corrected chi connectivity index (χ0v) is 29.6. The molecule has 1 heterocycles. The summed E-state index contributed by atoms with van der Waals surface area (Å²) in [5.41, 5.74) is 10.0. The molecule has 0 spiro atoms. The molecule has 55 heavy (non-hydrogen) atoms. The van der Waals surface area contributed by atoms with Crippen molar-refractivity contribution in [2.24, 2.45) is 0 Å². The van der Waals surface area contributed by atoms with Crippen molar-refractivity contribution < 1.29 is 4.74 Å². The van der Waals surface area contributed by atoms with E-state index in [4.69, 9.17) is 4.74 Å². The molecule has 1 aliphatic heterocycles. The fourth-order valence-corrected chi connectivity index (χ4v) is 9.16. The lowest BCUT2D eigenvalue weighted by molar-refractivity contribution is 0.487. The standard InChI is InChI=1S/C53H29NO/c54-30-41-19-25-49-53-44(41)6-3-7-46(53)45-22-18-38(29-50(45)55-49)36-9-10-37-28-40(13-11-35(37)26-36)43-21-15-33-16-23-47-42(20-14-32-17-24-48(43)52(33)51(32)47)39-12-8-31-4-1-2-5-34(31)27-39/h1-29H. The van der Waals surface area contributed by atoms with E-state index in [1.54, 1.807) is 0 Å². The van der Waals surface area contributed by atoms with E-state index in [0.29, 0.717) is 5.56 Å². The van der Waals surface area contributed by atoms with E-state index < -0.39 is 0 Å². The smallest absolute Gasteiger partial charge is 0.136 e.